The fourth-order valence-corrected chi connectivity index (χ4v) is 2.29. The van der Waals surface area contributed by atoms with Crippen molar-refractivity contribution in [1.29, 1.82) is 0 Å². The molecule has 2 heteroatoms. The molecule has 2 heterocycles. The molecule has 0 aromatic carbocycles. The zero-order valence-electron chi connectivity index (χ0n) is 8.47. The van der Waals surface area contributed by atoms with Crippen molar-refractivity contribution in [2.75, 3.05) is 19.6 Å². The van der Waals surface area contributed by atoms with Crippen LogP contribution in [0.4, 0.5) is 0 Å². The Hall–Kier alpha value is -0.530. The lowest BCUT2D eigenvalue weighted by Crippen LogP contribution is -2.36. The minimum atomic E-state index is 1.08. The van der Waals surface area contributed by atoms with Crippen molar-refractivity contribution in [3.8, 4) is 0 Å². The second kappa shape index (κ2) is 4.64. The third-order valence-electron chi connectivity index (χ3n) is 3.07. The van der Waals surface area contributed by atoms with Crippen LogP contribution in [-0.2, 0) is 0 Å². The predicted molar refractivity (Wildman–Crippen MR) is 56.2 cm³/mol. The van der Waals surface area contributed by atoms with Crippen molar-refractivity contribution >= 4 is 5.84 Å². The first-order valence-corrected chi connectivity index (χ1v) is 5.75. The molecule has 0 spiro atoms. The maximum atomic E-state index is 4.64. The molecule has 0 aromatic rings. The van der Waals surface area contributed by atoms with Gasteiger partial charge in [-0.15, -0.1) is 0 Å². The molecule has 2 nitrogen and oxygen atoms in total. The van der Waals surface area contributed by atoms with E-state index in [1.807, 2.05) is 0 Å². The molecular formula is C11H20N2. The normalized spacial score (nSPS) is 25.2. The highest BCUT2D eigenvalue weighted by Crippen LogP contribution is 2.15. The van der Waals surface area contributed by atoms with Crippen molar-refractivity contribution in [2.45, 2.75) is 44.9 Å². The number of hydrogen-bond donors (Lipinski definition) is 0. The second-order valence-corrected chi connectivity index (χ2v) is 4.16. The summed E-state index contributed by atoms with van der Waals surface area (Å²) in [5.74, 6) is 1.41. The summed E-state index contributed by atoms with van der Waals surface area (Å²) in [4.78, 5) is 7.16. The van der Waals surface area contributed by atoms with Gasteiger partial charge >= 0.3 is 0 Å². The van der Waals surface area contributed by atoms with Gasteiger partial charge in [0, 0.05) is 26.1 Å². The SMILES string of the molecule is C1CCCC2=NCCCN2CCC1. The van der Waals surface area contributed by atoms with Gasteiger partial charge in [-0.3, -0.25) is 4.99 Å². The Balaban J connectivity index is 1.98. The van der Waals surface area contributed by atoms with Gasteiger partial charge in [-0.1, -0.05) is 19.3 Å². The highest BCUT2D eigenvalue weighted by Gasteiger charge is 2.15. The average Bonchev–Trinajstić information content (AvgIpc) is 2.28. The number of fused-ring (bicyclic) bond motifs is 1. The van der Waals surface area contributed by atoms with Crippen LogP contribution in [-0.4, -0.2) is 30.4 Å². The van der Waals surface area contributed by atoms with Crippen LogP contribution in [0.15, 0.2) is 4.99 Å². The van der Waals surface area contributed by atoms with Gasteiger partial charge < -0.3 is 4.90 Å². The lowest BCUT2D eigenvalue weighted by molar-refractivity contribution is 0.378. The first-order valence-electron chi connectivity index (χ1n) is 5.75. The molecule has 0 unspecified atom stereocenters. The maximum absolute atomic E-state index is 4.64. The summed E-state index contributed by atoms with van der Waals surface area (Å²) >= 11 is 0. The van der Waals surface area contributed by atoms with E-state index in [9.17, 15) is 0 Å². The number of hydrogen-bond acceptors (Lipinski definition) is 2. The van der Waals surface area contributed by atoms with Crippen molar-refractivity contribution in [2.24, 2.45) is 4.99 Å². The largest absolute Gasteiger partial charge is 0.360 e. The van der Waals surface area contributed by atoms with Crippen LogP contribution in [0, 0.1) is 0 Å². The maximum Gasteiger partial charge on any atom is 0.0988 e. The number of amidine groups is 1. The van der Waals surface area contributed by atoms with Crippen molar-refractivity contribution < 1.29 is 0 Å². The third-order valence-corrected chi connectivity index (χ3v) is 3.07. The minimum Gasteiger partial charge on any atom is -0.360 e. The summed E-state index contributed by atoms with van der Waals surface area (Å²) in [6.07, 6.45) is 9.50. The molecule has 0 bridgehead atoms. The van der Waals surface area contributed by atoms with Crippen LogP contribution in [0.1, 0.15) is 44.9 Å². The van der Waals surface area contributed by atoms with Crippen LogP contribution in [0.2, 0.25) is 0 Å². The molecular weight excluding hydrogens is 160 g/mol. The zero-order valence-corrected chi connectivity index (χ0v) is 8.47. The number of rotatable bonds is 0. The molecule has 0 atom stereocenters. The molecule has 2 aliphatic rings. The topological polar surface area (TPSA) is 15.6 Å². The molecule has 1 saturated heterocycles. The Morgan fingerprint density at radius 3 is 2.62 bits per heavy atom. The molecule has 0 aromatic heterocycles. The summed E-state index contributed by atoms with van der Waals surface area (Å²) in [5, 5.41) is 0. The van der Waals surface area contributed by atoms with Gasteiger partial charge in [0.2, 0.25) is 0 Å². The van der Waals surface area contributed by atoms with E-state index in [0.29, 0.717) is 0 Å². The van der Waals surface area contributed by atoms with Gasteiger partial charge in [0.25, 0.3) is 0 Å². The Morgan fingerprint density at radius 1 is 0.846 bits per heavy atom. The fourth-order valence-electron chi connectivity index (χ4n) is 2.29. The number of aliphatic imine (C=N–C) groups is 1. The smallest absolute Gasteiger partial charge is 0.0988 e. The van der Waals surface area contributed by atoms with E-state index in [2.05, 4.69) is 9.89 Å². The van der Waals surface area contributed by atoms with Crippen LogP contribution in [0.5, 0.6) is 0 Å². The molecule has 0 aliphatic carbocycles. The van der Waals surface area contributed by atoms with Gasteiger partial charge in [0.15, 0.2) is 0 Å². The second-order valence-electron chi connectivity index (χ2n) is 4.16. The highest BCUT2D eigenvalue weighted by molar-refractivity contribution is 5.82. The van der Waals surface area contributed by atoms with Gasteiger partial charge in [-0.2, -0.15) is 0 Å². The van der Waals surface area contributed by atoms with Crippen LogP contribution in [0.3, 0.4) is 0 Å². The monoisotopic (exact) mass is 180 g/mol. The van der Waals surface area contributed by atoms with Crippen LogP contribution in [0.25, 0.3) is 0 Å². The summed E-state index contributed by atoms with van der Waals surface area (Å²) in [6.45, 7) is 3.60. The first-order chi connectivity index (χ1) is 6.47. The number of nitrogens with zero attached hydrogens (tertiary/aromatic N) is 2. The summed E-state index contributed by atoms with van der Waals surface area (Å²) < 4.78 is 0. The van der Waals surface area contributed by atoms with E-state index in [0.717, 1.165) is 6.54 Å². The summed E-state index contributed by atoms with van der Waals surface area (Å²) in [7, 11) is 0. The van der Waals surface area contributed by atoms with E-state index in [1.165, 1.54) is 63.9 Å². The molecule has 0 saturated carbocycles. The first kappa shape index (κ1) is 9.04. The summed E-state index contributed by atoms with van der Waals surface area (Å²) in [5.41, 5.74) is 0. The Bertz CT molecular complexity index is 187. The van der Waals surface area contributed by atoms with Gasteiger partial charge in [0.05, 0.1) is 5.84 Å². The molecule has 0 radical (unpaired) electrons. The van der Waals surface area contributed by atoms with Gasteiger partial charge in [-0.05, 0) is 19.3 Å². The van der Waals surface area contributed by atoms with Crippen LogP contribution < -0.4 is 0 Å². The lowest BCUT2D eigenvalue weighted by atomic mass is 10.1. The standard InChI is InChI=1S/C11H20N2/c1-2-4-7-11-12-8-6-10-13(11)9-5-3-1/h1-10H2. The Kier molecular flexibility index (Phi) is 3.22. The predicted octanol–water partition coefficient (Wildman–Crippen LogP) is 2.44. The molecule has 0 amide bonds. The van der Waals surface area contributed by atoms with Crippen LogP contribution >= 0.6 is 0 Å². The molecule has 2 rings (SSSR count). The molecule has 13 heavy (non-hydrogen) atoms. The van der Waals surface area contributed by atoms with Crippen molar-refractivity contribution in [1.82, 2.24) is 4.90 Å². The van der Waals surface area contributed by atoms with E-state index in [-0.39, 0.29) is 0 Å². The molecule has 1 fully saturated rings. The Labute approximate surface area is 81.0 Å². The molecule has 2 aliphatic heterocycles. The van der Waals surface area contributed by atoms with Crippen molar-refractivity contribution in [3.63, 3.8) is 0 Å². The highest BCUT2D eigenvalue weighted by atomic mass is 15.2. The van der Waals surface area contributed by atoms with Gasteiger partial charge in [-0.25, -0.2) is 0 Å². The van der Waals surface area contributed by atoms with E-state index in [4.69, 9.17) is 0 Å². The van der Waals surface area contributed by atoms with E-state index < -0.39 is 0 Å². The fraction of sp³-hybridized carbons (Fsp3) is 0.909. The lowest BCUT2D eigenvalue weighted by Gasteiger charge is -2.28. The van der Waals surface area contributed by atoms with Crippen molar-refractivity contribution in [3.05, 3.63) is 0 Å². The minimum absolute atomic E-state index is 1.08. The molecule has 74 valence electrons. The quantitative estimate of drug-likeness (QED) is 0.559. The third kappa shape index (κ3) is 2.45. The zero-order chi connectivity index (χ0) is 8.93. The molecule has 0 N–H and O–H groups in total. The Morgan fingerprint density at radius 2 is 1.62 bits per heavy atom. The van der Waals surface area contributed by atoms with E-state index >= 15 is 0 Å². The van der Waals surface area contributed by atoms with Gasteiger partial charge in [0.1, 0.15) is 0 Å². The summed E-state index contributed by atoms with van der Waals surface area (Å²) in [6, 6.07) is 0. The van der Waals surface area contributed by atoms with E-state index in [1.54, 1.807) is 0 Å². The average molecular weight is 180 g/mol.